The third-order valence-electron chi connectivity index (χ3n) is 5.04. The molecule has 3 heteroatoms. The van der Waals surface area contributed by atoms with E-state index in [0.717, 1.165) is 11.8 Å². The molecular formula is C17H34N2S. The van der Waals surface area contributed by atoms with E-state index in [-0.39, 0.29) is 0 Å². The first kappa shape index (κ1) is 16.6. The average molecular weight is 299 g/mol. The van der Waals surface area contributed by atoms with Gasteiger partial charge in [-0.25, -0.2) is 0 Å². The maximum Gasteiger partial charge on any atom is 0.0235 e. The van der Waals surface area contributed by atoms with Gasteiger partial charge in [0, 0.05) is 12.6 Å². The number of likely N-dealkylation sites (tertiary alicyclic amines) is 2. The number of hydrogen-bond donors (Lipinski definition) is 1. The fourth-order valence-corrected chi connectivity index (χ4v) is 3.97. The van der Waals surface area contributed by atoms with Gasteiger partial charge in [-0.05, 0) is 64.0 Å². The van der Waals surface area contributed by atoms with Crippen molar-refractivity contribution < 1.29 is 0 Å². The highest BCUT2D eigenvalue weighted by atomic mass is 32.1. The van der Waals surface area contributed by atoms with Crippen LogP contribution in [0.3, 0.4) is 0 Å². The summed E-state index contributed by atoms with van der Waals surface area (Å²) in [7, 11) is 0. The van der Waals surface area contributed by atoms with Crippen molar-refractivity contribution in [3.8, 4) is 0 Å². The summed E-state index contributed by atoms with van der Waals surface area (Å²) < 4.78 is 0. The summed E-state index contributed by atoms with van der Waals surface area (Å²) in [6, 6.07) is 0.888. The van der Waals surface area contributed by atoms with Gasteiger partial charge in [0.25, 0.3) is 0 Å². The molecule has 1 unspecified atom stereocenters. The lowest BCUT2D eigenvalue weighted by Gasteiger charge is -2.23. The highest BCUT2D eigenvalue weighted by Crippen LogP contribution is 2.20. The van der Waals surface area contributed by atoms with Crippen LogP contribution >= 0.6 is 12.6 Å². The summed E-state index contributed by atoms with van der Waals surface area (Å²) in [5, 5.41) is 0. The molecule has 2 rings (SSSR count). The van der Waals surface area contributed by atoms with Crippen LogP contribution in [0.25, 0.3) is 0 Å². The molecule has 0 radical (unpaired) electrons. The Balaban J connectivity index is 1.43. The van der Waals surface area contributed by atoms with E-state index in [0.29, 0.717) is 0 Å². The van der Waals surface area contributed by atoms with Crippen LogP contribution in [0.5, 0.6) is 0 Å². The Bertz CT molecular complexity index is 241. The van der Waals surface area contributed by atoms with Crippen LogP contribution in [-0.2, 0) is 0 Å². The van der Waals surface area contributed by atoms with Gasteiger partial charge in [-0.1, -0.05) is 32.1 Å². The molecule has 0 aromatic rings. The predicted octanol–water partition coefficient (Wildman–Crippen LogP) is 3.82. The van der Waals surface area contributed by atoms with Crippen LogP contribution in [0.4, 0.5) is 0 Å². The Hall–Kier alpha value is 0.270. The lowest BCUT2D eigenvalue weighted by Crippen LogP contribution is -2.35. The van der Waals surface area contributed by atoms with Crippen molar-refractivity contribution in [3.63, 3.8) is 0 Å². The van der Waals surface area contributed by atoms with E-state index in [2.05, 4.69) is 22.4 Å². The molecule has 0 N–H and O–H groups in total. The zero-order chi connectivity index (χ0) is 14.0. The van der Waals surface area contributed by atoms with Crippen LogP contribution in [0.15, 0.2) is 0 Å². The van der Waals surface area contributed by atoms with Crippen molar-refractivity contribution in [2.75, 3.05) is 38.5 Å². The minimum atomic E-state index is 0.888. The van der Waals surface area contributed by atoms with Crippen LogP contribution in [0, 0.1) is 0 Å². The number of hydrogen-bond acceptors (Lipinski definition) is 3. The maximum atomic E-state index is 4.26. The topological polar surface area (TPSA) is 6.48 Å². The highest BCUT2D eigenvalue weighted by molar-refractivity contribution is 7.80. The zero-order valence-electron chi connectivity index (χ0n) is 13.2. The SMILES string of the molecule is SCCCCCCCCCN1CCC(N2CCCC2)C1. The second-order valence-electron chi connectivity index (χ2n) is 6.68. The molecule has 2 aliphatic heterocycles. The third-order valence-corrected chi connectivity index (χ3v) is 5.35. The monoisotopic (exact) mass is 298 g/mol. The van der Waals surface area contributed by atoms with Gasteiger partial charge in [-0.15, -0.1) is 0 Å². The summed E-state index contributed by atoms with van der Waals surface area (Å²) in [6.45, 7) is 6.78. The zero-order valence-corrected chi connectivity index (χ0v) is 14.1. The first-order valence-corrected chi connectivity index (χ1v) is 9.60. The molecule has 2 aliphatic rings. The smallest absolute Gasteiger partial charge is 0.0235 e. The molecule has 2 heterocycles. The van der Waals surface area contributed by atoms with E-state index >= 15 is 0 Å². The molecule has 0 aromatic heterocycles. The Morgan fingerprint density at radius 1 is 0.800 bits per heavy atom. The molecule has 0 bridgehead atoms. The Kier molecular flexibility index (Phi) is 8.38. The van der Waals surface area contributed by atoms with Gasteiger partial charge in [0.1, 0.15) is 0 Å². The summed E-state index contributed by atoms with van der Waals surface area (Å²) in [5.41, 5.74) is 0. The lowest BCUT2D eigenvalue weighted by molar-refractivity contribution is 0.231. The molecule has 2 saturated heterocycles. The average Bonchev–Trinajstić information content (AvgIpc) is 3.12. The van der Waals surface area contributed by atoms with E-state index < -0.39 is 0 Å². The van der Waals surface area contributed by atoms with E-state index in [1.54, 1.807) is 0 Å². The normalized spacial score (nSPS) is 24.8. The number of unbranched alkanes of at least 4 members (excludes halogenated alkanes) is 6. The molecule has 0 amide bonds. The Morgan fingerprint density at radius 3 is 2.15 bits per heavy atom. The molecule has 2 fully saturated rings. The van der Waals surface area contributed by atoms with Gasteiger partial charge in [0.15, 0.2) is 0 Å². The van der Waals surface area contributed by atoms with Crippen LogP contribution in [-0.4, -0.2) is 54.3 Å². The highest BCUT2D eigenvalue weighted by Gasteiger charge is 2.28. The van der Waals surface area contributed by atoms with Gasteiger partial charge < -0.3 is 4.90 Å². The molecule has 0 aliphatic carbocycles. The van der Waals surface area contributed by atoms with E-state index in [1.165, 1.54) is 96.9 Å². The molecule has 1 atom stereocenters. The van der Waals surface area contributed by atoms with Crippen LogP contribution in [0.1, 0.15) is 64.2 Å². The van der Waals surface area contributed by atoms with Gasteiger partial charge in [-0.3, -0.25) is 4.90 Å². The number of thiol groups is 1. The molecular weight excluding hydrogens is 264 g/mol. The van der Waals surface area contributed by atoms with Crippen LogP contribution < -0.4 is 0 Å². The van der Waals surface area contributed by atoms with E-state index in [1.807, 2.05) is 0 Å². The summed E-state index contributed by atoms with van der Waals surface area (Å²) in [5.74, 6) is 1.06. The van der Waals surface area contributed by atoms with E-state index in [9.17, 15) is 0 Å². The van der Waals surface area contributed by atoms with Gasteiger partial charge in [-0.2, -0.15) is 12.6 Å². The molecule has 0 aromatic carbocycles. The van der Waals surface area contributed by atoms with Crippen LogP contribution in [0.2, 0.25) is 0 Å². The summed E-state index contributed by atoms with van der Waals surface area (Å²) in [6.07, 6.45) is 14.1. The fourth-order valence-electron chi connectivity index (χ4n) is 3.75. The van der Waals surface area contributed by atoms with Crippen molar-refractivity contribution in [2.45, 2.75) is 70.3 Å². The molecule has 2 nitrogen and oxygen atoms in total. The van der Waals surface area contributed by atoms with Crippen molar-refractivity contribution >= 4 is 12.6 Å². The second-order valence-corrected chi connectivity index (χ2v) is 7.13. The number of nitrogens with zero attached hydrogens (tertiary/aromatic N) is 2. The minimum Gasteiger partial charge on any atom is -0.302 e. The quantitative estimate of drug-likeness (QED) is 0.484. The molecule has 0 saturated carbocycles. The predicted molar refractivity (Wildman–Crippen MR) is 91.8 cm³/mol. The largest absolute Gasteiger partial charge is 0.302 e. The van der Waals surface area contributed by atoms with Crippen molar-refractivity contribution in [3.05, 3.63) is 0 Å². The fraction of sp³-hybridized carbons (Fsp3) is 1.00. The minimum absolute atomic E-state index is 0.888. The van der Waals surface area contributed by atoms with Gasteiger partial charge in [0.05, 0.1) is 0 Å². The first-order chi connectivity index (χ1) is 9.90. The molecule has 118 valence electrons. The van der Waals surface area contributed by atoms with Gasteiger partial charge in [0.2, 0.25) is 0 Å². The van der Waals surface area contributed by atoms with Crippen molar-refractivity contribution in [2.24, 2.45) is 0 Å². The van der Waals surface area contributed by atoms with Crippen molar-refractivity contribution in [1.82, 2.24) is 9.80 Å². The standard InChI is InChI=1S/C17H34N2S/c20-15-9-5-3-1-2-4-6-11-18-14-10-17(16-18)19-12-7-8-13-19/h17,20H,1-16H2. The second kappa shape index (κ2) is 10.1. The van der Waals surface area contributed by atoms with Crippen molar-refractivity contribution in [1.29, 1.82) is 0 Å². The Labute approximate surface area is 131 Å². The van der Waals surface area contributed by atoms with Gasteiger partial charge >= 0.3 is 0 Å². The maximum absolute atomic E-state index is 4.26. The summed E-state index contributed by atoms with van der Waals surface area (Å²) >= 11 is 4.26. The first-order valence-electron chi connectivity index (χ1n) is 8.97. The molecule has 20 heavy (non-hydrogen) atoms. The lowest BCUT2D eigenvalue weighted by atomic mass is 10.1. The summed E-state index contributed by atoms with van der Waals surface area (Å²) in [4.78, 5) is 5.45. The molecule has 0 spiro atoms. The Morgan fingerprint density at radius 2 is 1.45 bits per heavy atom. The van der Waals surface area contributed by atoms with E-state index in [4.69, 9.17) is 0 Å². The third kappa shape index (κ3) is 5.95. The number of rotatable bonds is 10.